The molecule has 0 bridgehead atoms. The Balaban J connectivity index is 0.00000103. The molecule has 13 nitrogen and oxygen atoms in total. The number of nitrogens with zero attached hydrogens (tertiary/aromatic N) is 5. The van der Waals surface area contributed by atoms with Crippen molar-refractivity contribution in [1.82, 2.24) is 36.2 Å². The average Bonchev–Trinajstić information content (AvgIpc) is 3.80. The van der Waals surface area contributed by atoms with Gasteiger partial charge in [-0.05, 0) is 101 Å². The standard InChI is InChI=1S/C24H32N6O.C6H8N2O.C4H10O.C2H6.CH3NO/c1-5-8-9-20-17(6-2)10-11-18-16-19(22(31)25-4)12-13-21(18)24(20,14-15-26-7-3)23-27-29-30-28-23;7-4-6-2-1-3-8(6)5-9;1-4(2,3)5;1-2;2-1-3/h5,8-9,12-13,16,26H,1,6-7,10-11,14-15H2,2-4H3,(H,25,31)(H,27,28,29,30);5-6H,1-3H2;5H,1-3H3;1-2H3;1H,(H2,2,3)/b9-8-;;;;. The number of nitrogens with two attached hydrogens (primary N) is 1. The molecule has 0 spiro atoms. The fourth-order valence-corrected chi connectivity index (χ4v) is 5.63. The second kappa shape index (κ2) is 24.5. The number of amides is 3. The topological polar surface area (TPSA) is 203 Å². The highest BCUT2D eigenvalue weighted by Gasteiger charge is 2.44. The Labute approximate surface area is 298 Å². The van der Waals surface area contributed by atoms with E-state index in [1.54, 1.807) is 38.8 Å². The first-order valence-electron chi connectivity index (χ1n) is 17.2. The summed E-state index contributed by atoms with van der Waals surface area (Å²) in [5.41, 5.74) is 8.59. The predicted molar refractivity (Wildman–Crippen MR) is 198 cm³/mol. The van der Waals surface area contributed by atoms with Gasteiger partial charge >= 0.3 is 0 Å². The number of hydrogen-bond acceptors (Lipinski definition) is 9. The molecule has 1 aliphatic carbocycles. The number of carbonyl (C=O) groups excluding carboxylic acids is 3. The van der Waals surface area contributed by atoms with E-state index >= 15 is 0 Å². The lowest BCUT2D eigenvalue weighted by atomic mass is 9.68. The van der Waals surface area contributed by atoms with Gasteiger partial charge in [-0.2, -0.15) is 10.5 Å². The van der Waals surface area contributed by atoms with Crippen molar-refractivity contribution >= 4 is 18.7 Å². The number of aromatic nitrogens is 4. The molecule has 13 heteroatoms. The Bertz CT molecular complexity index is 1400. The van der Waals surface area contributed by atoms with Gasteiger partial charge in [0.25, 0.3) is 5.91 Å². The summed E-state index contributed by atoms with van der Waals surface area (Å²) >= 11 is 0. The number of aliphatic hydroxyl groups is 1. The quantitative estimate of drug-likeness (QED) is 0.137. The van der Waals surface area contributed by atoms with Gasteiger partial charge in [0.05, 0.1) is 17.1 Å². The SMILES string of the molecule is C=C/C=C\C1=C(CC)CCc2cc(C(=O)NC)ccc2C1(CCNCC)c1nn[nH]n1.CC.CC(C)(C)O.N#CC1CCCN1C=O.NC=O. The van der Waals surface area contributed by atoms with Crippen molar-refractivity contribution in [3.05, 3.63) is 76.7 Å². The summed E-state index contributed by atoms with van der Waals surface area (Å²) in [6, 6.07) is 7.89. The smallest absolute Gasteiger partial charge is 0.251 e. The maximum Gasteiger partial charge on any atom is 0.251 e. The Hall–Kier alpha value is -4.67. The van der Waals surface area contributed by atoms with Crippen molar-refractivity contribution in [3.63, 3.8) is 0 Å². The van der Waals surface area contributed by atoms with Gasteiger partial charge in [-0.25, -0.2) is 0 Å². The van der Waals surface area contributed by atoms with Crippen LogP contribution in [0, 0.1) is 11.3 Å². The monoisotopic (exact) mass is 693 g/mol. The van der Waals surface area contributed by atoms with Gasteiger partial charge in [0, 0.05) is 19.2 Å². The van der Waals surface area contributed by atoms with E-state index in [1.165, 1.54) is 11.1 Å². The number of rotatable bonds is 10. The number of nitrogens with one attached hydrogen (secondary N) is 3. The second-order valence-electron chi connectivity index (χ2n) is 12.1. The summed E-state index contributed by atoms with van der Waals surface area (Å²) in [5.74, 6) is 0.566. The molecule has 0 radical (unpaired) electrons. The highest BCUT2D eigenvalue weighted by Crippen LogP contribution is 2.47. The molecule has 1 fully saturated rings. The molecule has 2 aromatic rings. The molecule has 2 aliphatic rings. The van der Waals surface area contributed by atoms with Gasteiger partial charge in [0.1, 0.15) is 6.04 Å². The minimum atomic E-state index is -0.576. The van der Waals surface area contributed by atoms with Crippen molar-refractivity contribution in [2.75, 3.05) is 26.7 Å². The third-order valence-corrected chi connectivity index (χ3v) is 7.65. The molecule has 0 saturated carbocycles. The Kier molecular flexibility index (Phi) is 22.2. The average molecular weight is 694 g/mol. The number of fused-ring (bicyclic) bond motifs is 1. The maximum atomic E-state index is 12.3. The summed E-state index contributed by atoms with van der Waals surface area (Å²) in [5, 5.41) is 38.7. The molecule has 2 unspecified atom stereocenters. The van der Waals surface area contributed by atoms with Crippen LogP contribution in [-0.4, -0.2) is 87.7 Å². The van der Waals surface area contributed by atoms with Gasteiger partial charge in [-0.15, -0.1) is 10.2 Å². The zero-order valence-electron chi connectivity index (χ0n) is 31.3. The van der Waals surface area contributed by atoms with Gasteiger partial charge < -0.3 is 26.4 Å². The summed E-state index contributed by atoms with van der Waals surface area (Å²) in [6.07, 6.45) is 12.2. The Morgan fingerprint density at radius 3 is 2.40 bits per heavy atom. The highest BCUT2D eigenvalue weighted by atomic mass is 16.3. The molecule has 50 heavy (non-hydrogen) atoms. The van der Waals surface area contributed by atoms with Crippen LogP contribution < -0.4 is 16.4 Å². The number of carbonyl (C=O) groups is 3. The molecule has 4 rings (SSSR count). The van der Waals surface area contributed by atoms with Gasteiger partial charge in [-0.1, -0.05) is 69.4 Å². The number of likely N-dealkylation sites (tertiary alicyclic amines) is 1. The lowest BCUT2D eigenvalue weighted by molar-refractivity contribution is -0.118. The molecular weight excluding hydrogens is 634 g/mol. The van der Waals surface area contributed by atoms with E-state index in [0.717, 1.165) is 75.7 Å². The lowest BCUT2D eigenvalue weighted by Gasteiger charge is -2.35. The molecule has 2 heterocycles. The van der Waals surface area contributed by atoms with E-state index in [0.29, 0.717) is 11.4 Å². The van der Waals surface area contributed by atoms with E-state index in [1.807, 2.05) is 32.1 Å². The summed E-state index contributed by atoms with van der Waals surface area (Å²) in [7, 11) is 1.66. The summed E-state index contributed by atoms with van der Waals surface area (Å²) in [4.78, 5) is 32.6. The van der Waals surface area contributed by atoms with Crippen molar-refractivity contribution in [2.24, 2.45) is 5.73 Å². The van der Waals surface area contributed by atoms with E-state index < -0.39 is 11.0 Å². The first kappa shape index (κ1) is 45.3. The molecule has 2 atom stereocenters. The van der Waals surface area contributed by atoms with Crippen LogP contribution in [0.3, 0.4) is 0 Å². The number of aryl methyl sites for hydroxylation is 1. The lowest BCUT2D eigenvalue weighted by Crippen LogP contribution is -2.36. The van der Waals surface area contributed by atoms with E-state index in [9.17, 15) is 9.59 Å². The van der Waals surface area contributed by atoms with Gasteiger partial charge in [0.15, 0.2) is 5.82 Å². The van der Waals surface area contributed by atoms with Crippen molar-refractivity contribution in [2.45, 2.75) is 104 Å². The molecule has 6 N–H and O–H groups in total. The van der Waals surface area contributed by atoms with Crippen LogP contribution in [0.15, 0.2) is 54.2 Å². The van der Waals surface area contributed by atoms with Crippen molar-refractivity contribution in [3.8, 4) is 6.07 Å². The molecular formula is C37H59N9O4. The van der Waals surface area contributed by atoms with Crippen molar-refractivity contribution < 1.29 is 19.5 Å². The van der Waals surface area contributed by atoms with Crippen LogP contribution in [-0.2, 0) is 21.4 Å². The number of allylic oxidation sites excluding steroid dienone is 5. The molecule has 276 valence electrons. The number of H-pyrrole nitrogens is 1. The zero-order valence-corrected chi connectivity index (χ0v) is 31.3. The van der Waals surface area contributed by atoms with Crippen LogP contribution >= 0.6 is 0 Å². The Morgan fingerprint density at radius 2 is 1.92 bits per heavy atom. The number of aromatic amines is 1. The maximum absolute atomic E-state index is 12.3. The Morgan fingerprint density at radius 1 is 1.26 bits per heavy atom. The molecule has 1 aromatic heterocycles. The largest absolute Gasteiger partial charge is 0.391 e. The minimum absolute atomic E-state index is 0.0830. The fourth-order valence-electron chi connectivity index (χ4n) is 5.63. The predicted octanol–water partition coefficient (Wildman–Crippen LogP) is 4.28. The van der Waals surface area contributed by atoms with E-state index in [2.05, 4.69) is 75.6 Å². The third-order valence-electron chi connectivity index (χ3n) is 7.65. The summed E-state index contributed by atoms with van der Waals surface area (Å²) < 4.78 is 0. The van der Waals surface area contributed by atoms with Gasteiger partial charge in [-0.3, -0.25) is 14.4 Å². The number of primary amides is 1. The van der Waals surface area contributed by atoms with E-state index in [-0.39, 0.29) is 18.4 Å². The highest BCUT2D eigenvalue weighted by molar-refractivity contribution is 5.94. The number of hydrogen-bond donors (Lipinski definition) is 5. The second-order valence-corrected chi connectivity index (χ2v) is 12.1. The van der Waals surface area contributed by atoms with Crippen LogP contribution in [0.5, 0.6) is 0 Å². The van der Waals surface area contributed by atoms with Crippen molar-refractivity contribution in [1.29, 1.82) is 5.26 Å². The summed E-state index contributed by atoms with van der Waals surface area (Å²) in [6.45, 7) is 19.8. The first-order chi connectivity index (χ1) is 23.9. The van der Waals surface area contributed by atoms with Crippen LogP contribution in [0.4, 0.5) is 0 Å². The minimum Gasteiger partial charge on any atom is -0.391 e. The fraction of sp³-hybridized carbons (Fsp3) is 0.541. The number of nitriles is 1. The normalized spacial score (nSPS) is 17.8. The van der Waals surface area contributed by atoms with Crippen LogP contribution in [0.1, 0.15) is 108 Å². The molecule has 1 aliphatic heterocycles. The van der Waals surface area contributed by atoms with Crippen LogP contribution in [0.2, 0.25) is 0 Å². The first-order valence-corrected chi connectivity index (χ1v) is 17.2. The number of benzene rings is 1. The number of tetrazole rings is 1. The zero-order chi connectivity index (χ0) is 38.2. The molecule has 1 aromatic carbocycles. The third kappa shape index (κ3) is 14.1. The van der Waals surface area contributed by atoms with E-state index in [4.69, 9.17) is 15.2 Å². The molecule has 1 saturated heterocycles. The van der Waals surface area contributed by atoms with Gasteiger partial charge in [0.2, 0.25) is 12.8 Å². The van der Waals surface area contributed by atoms with Crippen LogP contribution in [0.25, 0.3) is 0 Å². The molecule has 3 amide bonds.